The van der Waals surface area contributed by atoms with Gasteiger partial charge in [0.2, 0.25) is 5.95 Å². The summed E-state index contributed by atoms with van der Waals surface area (Å²) >= 11 is 6.64. The van der Waals surface area contributed by atoms with Gasteiger partial charge in [-0.05, 0) is 29.3 Å². The largest absolute Gasteiger partial charge is 0.478 e. The molecule has 0 atom stereocenters. The topological polar surface area (TPSA) is 163 Å². The van der Waals surface area contributed by atoms with Gasteiger partial charge in [0, 0.05) is 59.3 Å². The van der Waals surface area contributed by atoms with Crippen molar-refractivity contribution in [2.24, 2.45) is 12.8 Å². The van der Waals surface area contributed by atoms with Crippen LogP contribution in [0, 0.1) is 17.5 Å². The molecule has 4 aromatic carbocycles. The molecule has 0 aliphatic rings. The highest BCUT2D eigenvalue weighted by molar-refractivity contribution is 6.34. The van der Waals surface area contributed by atoms with Crippen LogP contribution in [0.25, 0.3) is 38.5 Å². The first-order valence-corrected chi connectivity index (χ1v) is 15.5. The fourth-order valence-electron chi connectivity index (χ4n) is 6.08. The monoisotopic (exact) mass is 712 g/mol. The maximum atomic E-state index is 15.1. The molecule has 0 radical (unpaired) electrons. The summed E-state index contributed by atoms with van der Waals surface area (Å²) in [4.78, 5) is 49.1. The van der Waals surface area contributed by atoms with Crippen LogP contribution in [-0.2, 0) is 20.1 Å². The van der Waals surface area contributed by atoms with E-state index in [0.29, 0.717) is 49.7 Å². The third kappa shape index (κ3) is 5.77. The maximum absolute atomic E-state index is 15.1. The minimum Gasteiger partial charge on any atom is -0.478 e. The lowest BCUT2D eigenvalue weighted by Gasteiger charge is -2.19. The van der Waals surface area contributed by atoms with Crippen molar-refractivity contribution in [3.8, 4) is 16.8 Å². The molecule has 0 aliphatic carbocycles. The first-order valence-electron chi connectivity index (χ1n) is 15.2. The number of carboxylic acids is 1. The predicted molar refractivity (Wildman–Crippen MR) is 184 cm³/mol. The van der Waals surface area contributed by atoms with E-state index in [2.05, 4.69) is 20.4 Å². The van der Waals surface area contributed by atoms with Crippen molar-refractivity contribution in [2.45, 2.75) is 13.1 Å². The van der Waals surface area contributed by atoms with Crippen LogP contribution in [0.5, 0.6) is 0 Å². The lowest BCUT2D eigenvalue weighted by atomic mass is 9.94. The van der Waals surface area contributed by atoms with Crippen molar-refractivity contribution in [1.29, 1.82) is 0 Å². The predicted octanol–water partition coefficient (Wildman–Crippen LogP) is 5.52. The molecule has 12 nitrogen and oxygen atoms in total. The molecule has 51 heavy (non-hydrogen) atoms. The van der Waals surface area contributed by atoms with Crippen molar-refractivity contribution in [3.63, 3.8) is 0 Å². The molecule has 256 valence electrons. The molecule has 16 heteroatoms. The van der Waals surface area contributed by atoms with E-state index in [4.69, 9.17) is 17.3 Å². The smallest absolute Gasteiger partial charge is 0.359 e. The van der Waals surface area contributed by atoms with Crippen LogP contribution in [0.3, 0.4) is 0 Å². The van der Waals surface area contributed by atoms with Crippen LogP contribution >= 0.6 is 11.6 Å². The number of nitrogens with zero attached hydrogens (tertiary/aromatic N) is 6. The first-order chi connectivity index (χ1) is 24.5. The van der Waals surface area contributed by atoms with Crippen LogP contribution in [0.1, 0.15) is 21.5 Å². The molecule has 4 N–H and O–H groups in total. The molecule has 0 saturated heterocycles. The van der Waals surface area contributed by atoms with Gasteiger partial charge in [0.1, 0.15) is 5.82 Å². The number of aromatic carboxylic acids is 1. The Kier molecular flexibility index (Phi) is 8.36. The average molecular weight is 713 g/mol. The second kappa shape index (κ2) is 12.9. The Hall–Kier alpha value is -6.32. The Morgan fingerprint density at radius 3 is 2.49 bits per heavy atom. The summed E-state index contributed by atoms with van der Waals surface area (Å²) in [5.74, 6) is -5.60. The first kappa shape index (κ1) is 33.2. The molecule has 3 heterocycles. The number of carbonyl (C=O) groups is 1. The van der Waals surface area contributed by atoms with E-state index in [1.807, 2.05) is 0 Å². The van der Waals surface area contributed by atoms with E-state index in [1.165, 1.54) is 24.5 Å². The second-order valence-corrected chi connectivity index (χ2v) is 11.9. The fraction of sp³-hybridized carbons (Fsp3) is 0.0857. The summed E-state index contributed by atoms with van der Waals surface area (Å²) in [6.45, 7) is -0.790. The number of carboxylic acid groups (broad SMARTS) is 1. The van der Waals surface area contributed by atoms with Gasteiger partial charge in [-0.25, -0.2) is 32.1 Å². The van der Waals surface area contributed by atoms with Crippen LogP contribution in [0.2, 0.25) is 5.02 Å². The number of nitrogens with two attached hydrogens (primary N) is 1. The minimum atomic E-state index is -1.44. The van der Waals surface area contributed by atoms with Crippen molar-refractivity contribution in [1.82, 2.24) is 28.9 Å². The fourth-order valence-corrected chi connectivity index (χ4v) is 6.35. The van der Waals surface area contributed by atoms with E-state index in [1.54, 1.807) is 54.3 Å². The lowest BCUT2D eigenvalue weighted by molar-refractivity contribution is 0.0697. The summed E-state index contributed by atoms with van der Waals surface area (Å²) in [5, 5.41) is 18.6. The number of aryl methyl sites for hydroxylation is 1. The molecule has 0 unspecified atom stereocenters. The van der Waals surface area contributed by atoms with Gasteiger partial charge in [0.25, 0.3) is 0 Å². The summed E-state index contributed by atoms with van der Waals surface area (Å²) in [5.41, 5.74) is 5.16. The number of aromatic nitrogens is 6. The van der Waals surface area contributed by atoms with Crippen molar-refractivity contribution in [2.75, 3.05) is 5.32 Å². The van der Waals surface area contributed by atoms with E-state index >= 15 is 4.39 Å². The van der Waals surface area contributed by atoms with Gasteiger partial charge >= 0.3 is 17.3 Å². The molecule has 0 bridgehead atoms. The molecule has 0 fully saturated rings. The number of nitrogens with one attached hydrogen (secondary N) is 1. The average Bonchev–Trinajstić information content (AvgIpc) is 3.47. The number of anilines is 2. The molecule has 0 aliphatic heterocycles. The summed E-state index contributed by atoms with van der Waals surface area (Å²) in [6, 6.07) is 13.6. The number of benzene rings is 4. The Balaban J connectivity index is 1.51. The number of fused-ring (bicyclic) bond motifs is 2. The van der Waals surface area contributed by atoms with Gasteiger partial charge in [0.05, 0.1) is 40.2 Å². The van der Waals surface area contributed by atoms with E-state index in [9.17, 15) is 28.3 Å². The second-order valence-electron chi connectivity index (χ2n) is 11.5. The number of pyridine rings is 1. The molecule has 7 aromatic rings. The zero-order chi connectivity index (χ0) is 36.1. The Morgan fingerprint density at radius 2 is 1.73 bits per heavy atom. The molecular formula is C35H24ClF3N8O4. The number of hydrogen-bond acceptors (Lipinski definition) is 8. The zero-order valence-electron chi connectivity index (χ0n) is 26.4. The third-order valence-corrected chi connectivity index (χ3v) is 8.67. The van der Waals surface area contributed by atoms with Crippen molar-refractivity contribution in [3.05, 3.63) is 139 Å². The molecule has 0 spiro atoms. The summed E-state index contributed by atoms with van der Waals surface area (Å²) in [6.07, 6.45) is 4.40. The van der Waals surface area contributed by atoms with Gasteiger partial charge in [-0.3, -0.25) is 14.2 Å². The lowest BCUT2D eigenvalue weighted by Crippen LogP contribution is -2.42. The normalized spacial score (nSPS) is 11.4. The van der Waals surface area contributed by atoms with Crippen molar-refractivity contribution >= 4 is 50.9 Å². The van der Waals surface area contributed by atoms with Gasteiger partial charge in [-0.2, -0.15) is 10.1 Å². The Bertz CT molecular complexity index is 2690. The number of hydrogen-bond donors (Lipinski definition) is 3. The highest BCUT2D eigenvalue weighted by atomic mass is 35.5. The maximum Gasteiger partial charge on any atom is 0.359 e. The third-order valence-electron chi connectivity index (χ3n) is 8.37. The van der Waals surface area contributed by atoms with Gasteiger partial charge in [-0.1, -0.05) is 48.0 Å². The van der Waals surface area contributed by atoms with E-state index in [-0.39, 0.29) is 33.9 Å². The summed E-state index contributed by atoms with van der Waals surface area (Å²) in [7, 11) is 1.70. The van der Waals surface area contributed by atoms with Crippen LogP contribution in [0.15, 0.2) is 88.8 Å². The molecular weight excluding hydrogens is 689 g/mol. The standard InChI is InChI=1S/C35H24ClF3N8O4/c1-45-16-23-22(12-40)31(24(36)10-28(23)44-45)42-33-43-34(50)47(35(51)46(33)15-18-9-26(38)27(39)11-25(18)37)29-14-41-13-17-5-4-8-20(30(17)29)19-6-2-3-7-21(19)32(48)49/h2-11,13-14,16H,12,15,40H2,1H3,(H,48,49)(H,42,43,50). The molecule has 7 rings (SSSR count). The highest BCUT2D eigenvalue weighted by Crippen LogP contribution is 2.36. The van der Waals surface area contributed by atoms with Crippen molar-refractivity contribution < 1.29 is 23.1 Å². The van der Waals surface area contributed by atoms with Crippen LogP contribution < -0.4 is 22.4 Å². The van der Waals surface area contributed by atoms with E-state index in [0.717, 1.165) is 4.57 Å². The van der Waals surface area contributed by atoms with Gasteiger partial charge in [0.15, 0.2) is 11.6 Å². The Labute approximate surface area is 289 Å². The highest BCUT2D eigenvalue weighted by Gasteiger charge is 2.24. The van der Waals surface area contributed by atoms with Crippen LogP contribution in [0.4, 0.5) is 24.8 Å². The molecule has 3 aromatic heterocycles. The molecule has 0 amide bonds. The van der Waals surface area contributed by atoms with Crippen LogP contribution in [-0.4, -0.2) is 40.0 Å². The number of rotatable bonds is 8. The Morgan fingerprint density at radius 1 is 0.980 bits per heavy atom. The van der Waals surface area contributed by atoms with Gasteiger partial charge in [-0.15, -0.1) is 0 Å². The molecule has 0 saturated carbocycles. The summed E-state index contributed by atoms with van der Waals surface area (Å²) < 4.78 is 46.5. The van der Waals surface area contributed by atoms with E-state index < -0.39 is 52.9 Å². The SMILES string of the molecule is Cn1cc2c(CN)c(Nc3nc(=O)n(-c4cncc5cccc(-c6ccccc6C(=O)O)c45)c(=O)n3Cc3cc(F)c(F)cc3F)c(Cl)cc2n1. The van der Waals surface area contributed by atoms with Gasteiger partial charge < -0.3 is 16.2 Å². The zero-order valence-corrected chi connectivity index (χ0v) is 27.1. The number of halogens is 4. The quantitative estimate of drug-likeness (QED) is 0.172. The minimum absolute atomic E-state index is 0.0397.